The van der Waals surface area contributed by atoms with Crippen molar-refractivity contribution >= 4 is 11.8 Å². The maximum Gasteiger partial charge on any atom is 0.405 e. The van der Waals surface area contributed by atoms with Gasteiger partial charge in [0.05, 0.1) is 0 Å². The van der Waals surface area contributed by atoms with E-state index in [0.717, 1.165) is 11.1 Å². The van der Waals surface area contributed by atoms with E-state index < -0.39 is 24.5 Å². The van der Waals surface area contributed by atoms with Crippen LogP contribution in [0.15, 0.2) is 60.7 Å². The standard InChI is InChI=1S/C23H25F3N2O2/c24-23(25,26)16-27-22(30)19-11-13-28(14-12-19)21(29)15-20(17-7-3-1-4-8-17)18-9-5-2-6-10-18/h1-10,19-20H,11-16H2,(H,27,30). The van der Waals surface area contributed by atoms with Crippen molar-refractivity contribution < 1.29 is 22.8 Å². The second kappa shape index (κ2) is 9.78. The lowest BCUT2D eigenvalue weighted by molar-refractivity contribution is -0.143. The van der Waals surface area contributed by atoms with Gasteiger partial charge in [0.2, 0.25) is 11.8 Å². The number of likely N-dealkylation sites (tertiary alicyclic amines) is 1. The zero-order valence-corrected chi connectivity index (χ0v) is 16.6. The molecular weight excluding hydrogens is 393 g/mol. The number of hydrogen-bond donors (Lipinski definition) is 1. The number of amides is 2. The zero-order valence-electron chi connectivity index (χ0n) is 16.6. The molecule has 1 aliphatic heterocycles. The number of nitrogens with zero attached hydrogens (tertiary/aromatic N) is 1. The maximum absolute atomic E-state index is 13.0. The zero-order chi connectivity index (χ0) is 21.6. The lowest BCUT2D eigenvalue weighted by Gasteiger charge is -2.32. The molecule has 1 heterocycles. The third-order valence-electron chi connectivity index (χ3n) is 5.46. The van der Waals surface area contributed by atoms with Crippen molar-refractivity contribution in [3.05, 3.63) is 71.8 Å². The second-order valence-electron chi connectivity index (χ2n) is 7.57. The van der Waals surface area contributed by atoms with E-state index in [1.54, 1.807) is 4.90 Å². The number of hydrogen-bond acceptors (Lipinski definition) is 2. The molecule has 4 nitrogen and oxygen atoms in total. The smallest absolute Gasteiger partial charge is 0.347 e. The molecule has 0 spiro atoms. The fourth-order valence-electron chi connectivity index (χ4n) is 3.83. The summed E-state index contributed by atoms with van der Waals surface area (Å²) in [4.78, 5) is 26.6. The van der Waals surface area contributed by atoms with Crippen LogP contribution in [0.25, 0.3) is 0 Å². The Balaban J connectivity index is 1.59. The Labute approximate surface area is 174 Å². The fraction of sp³-hybridized carbons (Fsp3) is 0.391. The van der Waals surface area contributed by atoms with E-state index in [1.807, 2.05) is 66.0 Å². The maximum atomic E-state index is 13.0. The number of halogens is 3. The first-order chi connectivity index (χ1) is 14.3. The number of rotatable bonds is 6. The van der Waals surface area contributed by atoms with Crippen molar-refractivity contribution in [2.75, 3.05) is 19.6 Å². The van der Waals surface area contributed by atoms with Crippen molar-refractivity contribution in [1.82, 2.24) is 10.2 Å². The van der Waals surface area contributed by atoms with Crippen LogP contribution >= 0.6 is 0 Å². The number of carbonyl (C=O) groups excluding carboxylic acids is 2. The summed E-state index contributed by atoms with van der Waals surface area (Å²) in [6, 6.07) is 19.7. The van der Waals surface area contributed by atoms with E-state index in [4.69, 9.17) is 0 Å². The van der Waals surface area contributed by atoms with Gasteiger partial charge in [-0.1, -0.05) is 60.7 Å². The van der Waals surface area contributed by atoms with Gasteiger partial charge in [-0.2, -0.15) is 13.2 Å². The molecule has 0 atom stereocenters. The van der Waals surface area contributed by atoms with Gasteiger partial charge in [0, 0.05) is 31.3 Å². The average Bonchev–Trinajstić information content (AvgIpc) is 2.76. The fourth-order valence-corrected chi connectivity index (χ4v) is 3.83. The van der Waals surface area contributed by atoms with E-state index in [9.17, 15) is 22.8 Å². The van der Waals surface area contributed by atoms with E-state index in [1.165, 1.54) is 0 Å². The van der Waals surface area contributed by atoms with Gasteiger partial charge in [-0.05, 0) is 24.0 Å². The molecule has 0 saturated carbocycles. The molecule has 1 aliphatic rings. The first kappa shape index (κ1) is 21.9. The highest BCUT2D eigenvalue weighted by atomic mass is 19.4. The van der Waals surface area contributed by atoms with Gasteiger partial charge in [-0.3, -0.25) is 9.59 Å². The summed E-state index contributed by atoms with van der Waals surface area (Å²) >= 11 is 0. The minimum absolute atomic E-state index is 0.0122. The van der Waals surface area contributed by atoms with E-state index in [-0.39, 0.29) is 11.8 Å². The van der Waals surface area contributed by atoms with Crippen LogP contribution in [0.4, 0.5) is 13.2 Å². The van der Waals surface area contributed by atoms with Crippen molar-refractivity contribution in [2.24, 2.45) is 5.92 Å². The van der Waals surface area contributed by atoms with Crippen molar-refractivity contribution in [3.8, 4) is 0 Å². The summed E-state index contributed by atoms with van der Waals surface area (Å²) in [7, 11) is 0. The summed E-state index contributed by atoms with van der Waals surface area (Å²) in [5.41, 5.74) is 2.11. The molecule has 2 aromatic rings. The van der Waals surface area contributed by atoms with E-state index >= 15 is 0 Å². The van der Waals surface area contributed by atoms with Gasteiger partial charge < -0.3 is 10.2 Å². The number of nitrogens with one attached hydrogen (secondary N) is 1. The average molecular weight is 418 g/mol. The Kier molecular flexibility index (Phi) is 7.13. The third kappa shape index (κ3) is 6.08. The molecule has 1 fully saturated rings. The monoisotopic (exact) mass is 418 g/mol. The first-order valence-corrected chi connectivity index (χ1v) is 10.1. The Hall–Kier alpha value is -2.83. The molecule has 7 heteroatoms. The number of piperidine rings is 1. The lowest BCUT2D eigenvalue weighted by Crippen LogP contribution is -2.44. The van der Waals surface area contributed by atoms with Crippen LogP contribution in [0.1, 0.15) is 36.3 Å². The number of alkyl halides is 3. The molecule has 1 saturated heterocycles. The van der Waals surface area contributed by atoms with E-state index in [2.05, 4.69) is 0 Å². The Morgan fingerprint density at radius 1 is 0.933 bits per heavy atom. The molecule has 2 aromatic carbocycles. The molecular formula is C23H25F3N2O2. The Bertz CT molecular complexity index is 793. The summed E-state index contributed by atoms with van der Waals surface area (Å²) in [6.07, 6.45) is -3.37. The predicted octanol–water partition coefficient (Wildman–Crippen LogP) is 4.13. The van der Waals surface area contributed by atoms with Crippen molar-refractivity contribution in [2.45, 2.75) is 31.4 Å². The largest absolute Gasteiger partial charge is 0.405 e. The van der Waals surface area contributed by atoms with Gasteiger partial charge in [-0.15, -0.1) is 0 Å². The highest BCUT2D eigenvalue weighted by Gasteiger charge is 2.32. The first-order valence-electron chi connectivity index (χ1n) is 10.1. The highest BCUT2D eigenvalue weighted by molar-refractivity contribution is 5.80. The molecule has 30 heavy (non-hydrogen) atoms. The van der Waals surface area contributed by atoms with Crippen LogP contribution in [0.3, 0.4) is 0 Å². The topological polar surface area (TPSA) is 49.4 Å². The quantitative estimate of drug-likeness (QED) is 0.767. The van der Waals surface area contributed by atoms with Gasteiger partial charge in [0.15, 0.2) is 0 Å². The van der Waals surface area contributed by atoms with Gasteiger partial charge in [0.1, 0.15) is 6.54 Å². The minimum atomic E-state index is -4.42. The molecule has 0 aromatic heterocycles. The van der Waals surface area contributed by atoms with Crippen molar-refractivity contribution in [1.29, 1.82) is 0 Å². The van der Waals surface area contributed by atoms with Crippen LogP contribution in [-0.2, 0) is 9.59 Å². The minimum Gasteiger partial charge on any atom is -0.347 e. The Morgan fingerprint density at radius 3 is 1.90 bits per heavy atom. The molecule has 0 bridgehead atoms. The number of carbonyl (C=O) groups is 2. The van der Waals surface area contributed by atoms with E-state index in [0.29, 0.717) is 32.4 Å². The van der Waals surface area contributed by atoms with Gasteiger partial charge in [-0.25, -0.2) is 0 Å². The van der Waals surface area contributed by atoms with Crippen LogP contribution in [0.2, 0.25) is 0 Å². The molecule has 160 valence electrons. The summed E-state index contributed by atoms with van der Waals surface area (Å²) in [5.74, 6) is -1.17. The third-order valence-corrected chi connectivity index (χ3v) is 5.46. The number of benzene rings is 2. The van der Waals surface area contributed by atoms with Crippen LogP contribution in [0.5, 0.6) is 0 Å². The normalized spacial score (nSPS) is 15.3. The van der Waals surface area contributed by atoms with Crippen LogP contribution < -0.4 is 5.32 Å². The molecule has 0 radical (unpaired) electrons. The molecule has 1 N–H and O–H groups in total. The molecule has 2 amide bonds. The SMILES string of the molecule is O=C(NCC(F)(F)F)C1CCN(C(=O)CC(c2ccccc2)c2ccccc2)CC1. The van der Waals surface area contributed by atoms with Gasteiger partial charge in [0.25, 0.3) is 0 Å². The van der Waals surface area contributed by atoms with Crippen molar-refractivity contribution in [3.63, 3.8) is 0 Å². The second-order valence-corrected chi connectivity index (χ2v) is 7.57. The van der Waals surface area contributed by atoms with Gasteiger partial charge >= 0.3 is 6.18 Å². The Morgan fingerprint density at radius 2 is 1.43 bits per heavy atom. The molecule has 0 aliphatic carbocycles. The molecule has 3 rings (SSSR count). The summed E-state index contributed by atoms with van der Waals surface area (Å²) < 4.78 is 36.9. The lowest BCUT2D eigenvalue weighted by atomic mass is 9.87. The summed E-state index contributed by atoms with van der Waals surface area (Å²) in [5, 5.41) is 1.94. The molecule has 0 unspecified atom stereocenters. The predicted molar refractivity (Wildman–Crippen MR) is 108 cm³/mol. The van der Waals surface area contributed by atoms with Crippen LogP contribution in [-0.4, -0.2) is 42.5 Å². The summed E-state index contributed by atoms with van der Waals surface area (Å²) in [6.45, 7) is -0.570. The highest BCUT2D eigenvalue weighted by Crippen LogP contribution is 2.29. The van der Waals surface area contributed by atoms with Crippen LogP contribution in [0, 0.1) is 5.92 Å².